The zero-order chi connectivity index (χ0) is 20.1. The van der Waals surface area contributed by atoms with Gasteiger partial charge in [-0.05, 0) is 36.6 Å². The molecule has 0 fully saturated rings. The van der Waals surface area contributed by atoms with Crippen LogP contribution in [0.15, 0.2) is 42.5 Å². The second-order valence-electron chi connectivity index (χ2n) is 7.27. The summed E-state index contributed by atoms with van der Waals surface area (Å²) in [5.41, 5.74) is 3.80. The number of ether oxygens (including phenoxy) is 1. The number of carbonyl (C=O) groups excluding carboxylic acids is 2. The number of rotatable bonds is 8. The van der Waals surface area contributed by atoms with Gasteiger partial charge in [-0.15, -0.1) is 0 Å². The Bertz CT molecular complexity index is 845. The molecule has 1 aliphatic rings. The minimum Gasteiger partial charge on any atom is -0.494 e. The zero-order valence-electron chi connectivity index (χ0n) is 16.8. The summed E-state index contributed by atoms with van der Waals surface area (Å²) in [6, 6.07) is 13.1. The Hall–Kier alpha value is -2.82. The first-order chi connectivity index (χ1) is 13.5. The normalized spacial score (nSPS) is 15.5. The van der Waals surface area contributed by atoms with E-state index in [1.54, 1.807) is 4.90 Å². The van der Waals surface area contributed by atoms with Crippen LogP contribution in [0.3, 0.4) is 0 Å². The van der Waals surface area contributed by atoms with Crippen molar-refractivity contribution < 1.29 is 14.3 Å². The van der Waals surface area contributed by atoms with E-state index in [0.29, 0.717) is 6.54 Å². The maximum absolute atomic E-state index is 13.0. The number of hydrogen-bond donors (Lipinski definition) is 1. The summed E-state index contributed by atoms with van der Waals surface area (Å²) in [6.45, 7) is 6.78. The number of nitrogens with one attached hydrogen (secondary N) is 1. The third-order valence-corrected chi connectivity index (χ3v) is 4.99. The molecule has 0 radical (unpaired) electrons. The van der Waals surface area contributed by atoms with Gasteiger partial charge in [-0.1, -0.05) is 50.1 Å². The number of unbranched alkanes of at least 4 members (excludes halogenated alkanes) is 2. The van der Waals surface area contributed by atoms with Crippen LogP contribution >= 0.6 is 0 Å². The number of fused-ring (bicyclic) bond motifs is 1. The number of para-hydroxylation sites is 1. The minimum atomic E-state index is -0.617. The highest BCUT2D eigenvalue weighted by Crippen LogP contribution is 2.39. The van der Waals surface area contributed by atoms with Crippen LogP contribution in [0.25, 0.3) is 0 Å². The monoisotopic (exact) mass is 380 g/mol. The van der Waals surface area contributed by atoms with Crippen molar-refractivity contribution in [1.29, 1.82) is 0 Å². The van der Waals surface area contributed by atoms with Gasteiger partial charge in [0.05, 0.1) is 18.8 Å². The smallest absolute Gasteiger partial charge is 0.254 e. The predicted molar refractivity (Wildman–Crippen MR) is 110 cm³/mol. The first-order valence-corrected chi connectivity index (χ1v) is 9.91. The molecule has 0 unspecified atom stereocenters. The van der Waals surface area contributed by atoms with E-state index in [2.05, 4.69) is 12.2 Å². The topological polar surface area (TPSA) is 58.6 Å². The molecule has 2 amide bonds. The molecule has 0 aliphatic carbocycles. The van der Waals surface area contributed by atoms with Gasteiger partial charge in [-0.2, -0.15) is 0 Å². The highest BCUT2D eigenvalue weighted by atomic mass is 16.5. The number of benzene rings is 2. The molecule has 0 aromatic heterocycles. The lowest BCUT2D eigenvalue weighted by Gasteiger charge is -2.20. The molecule has 0 saturated carbocycles. The molecule has 148 valence electrons. The van der Waals surface area contributed by atoms with Gasteiger partial charge in [0.1, 0.15) is 11.8 Å². The molecule has 0 bridgehead atoms. The lowest BCUT2D eigenvalue weighted by atomic mass is 10.1. The molecular weight excluding hydrogens is 352 g/mol. The molecule has 0 spiro atoms. The van der Waals surface area contributed by atoms with Crippen LogP contribution in [0, 0.1) is 6.92 Å². The van der Waals surface area contributed by atoms with Crippen LogP contribution < -0.4 is 15.0 Å². The Kier molecular flexibility index (Phi) is 6.34. The van der Waals surface area contributed by atoms with Crippen molar-refractivity contribution in [1.82, 2.24) is 5.32 Å². The predicted octanol–water partition coefficient (Wildman–Crippen LogP) is 4.29. The Labute approximate surface area is 166 Å². The van der Waals surface area contributed by atoms with Crippen LogP contribution in [0.1, 0.15) is 55.8 Å². The summed E-state index contributed by atoms with van der Waals surface area (Å²) in [4.78, 5) is 26.4. The maximum Gasteiger partial charge on any atom is 0.254 e. The standard InChI is InChI=1S/C23H28N2O3/c1-4-5-6-14-28-19-12-10-18(11-13-19)15-25-22-16(2)8-7-9-20(22)21(23(25)27)24-17(3)26/h7-13,21H,4-6,14-15H2,1-3H3,(H,24,26)/t21-/m0/s1. The lowest BCUT2D eigenvalue weighted by Crippen LogP contribution is -2.36. The van der Waals surface area contributed by atoms with E-state index < -0.39 is 6.04 Å². The zero-order valence-corrected chi connectivity index (χ0v) is 16.8. The SMILES string of the molecule is CCCCCOc1ccc(CN2C(=O)[C@@H](NC(C)=O)c3cccc(C)c32)cc1. The van der Waals surface area contributed by atoms with Crippen LogP contribution in [0.4, 0.5) is 5.69 Å². The van der Waals surface area contributed by atoms with Gasteiger partial charge in [0.15, 0.2) is 0 Å². The average Bonchev–Trinajstić information content (AvgIpc) is 2.93. The molecule has 1 atom stereocenters. The molecule has 2 aromatic rings. The van der Waals surface area contributed by atoms with E-state index >= 15 is 0 Å². The van der Waals surface area contributed by atoms with Crippen molar-refractivity contribution in [3.05, 3.63) is 59.2 Å². The summed E-state index contributed by atoms with van der Waals surface area (Å²) in [5, 5.41) is 2.78. The number of aryl methyl sites for hydroxylation is 1. The van der Waals surface area contributed by atoms with E-state index in [-0.39, 0.29) is 11.8 Å². The number of amides is 2. The van der Waals surface area contributed by atoms with E-state index in [1.165, 1.54) is 19.8 Å². The number of anilines is 1. The molecule has 3 rings (SSSR count). The van der Waals surface area contributed by atoms with Crippen LogP contribution in [0.5, 0.6) is 5.75 Å². The number of nitrogens with zero attached hydrogens (tertiary/aromatic N) is 1. The minimum absolute atomic E-state index is 0.0978. The van der Waals surface area contributed by atoms with Crippen molar-refractivity contribution in [3.63, 3.8) is 0 Å². The van der Waals surface area contributed by atoms with Gasteiger partial charge < -0.3 is 15.0 Å². The van der Waals surface area contributed by atoms with Gasteiger partial charge in [-0.3, -0.25) is 9.59 Å². The van der Waals surface area contributed by atoms with E-state index in [0.717, 1.165) is 41.2 Å². The first kappa shape index (κ1) is 19.9. The second kappa shape index (κ2) is 8.91. The fourth-order valence-electron chi connectivity index (χ4n) is 3.60. The molecule has 1 heterocycles. The Morgan fingerprint density at radius 2 is 1.89 bits per heavy atom. The molecule has 5 heteroatoms. The Morgan fingerprint density at radius 1 is 1.14 bits per heavy atom. The third kappa shape index (κ3) is 4.35. The van der Waals surface area contributed by atoms with E-state index in [4.69, 9.17) is 4.74 Å². The largest absolute Gasteiger partial charge is 0.494 e. The lowest BCUT2D eigenvalue weighted by molar-refractivity contribution is -0.126. The van der Waals surface area contributed by atoms with Crippen LogP contribution in [-0.4, -0.2) is 18.4 Å². The molecular formula is C23H28N2O3. The quantitative estimate of drug-likeness (QED) is 0.695. The highest BCUT2D eigenvalue weighted by Gasteiger charge is 2.38. The first-order valence-electron chi connectivity index (χ1n) is 9.91. The summed E-state index contributed by atoms with van der Waals surface area (Å²) in [7, 11) is 0. The van der Waals surface area contributed by atoms with Gasteiger partial charge in [0.25, 0.3) is 5.91 Å². The van der Waals surface area contributed by atoms with Gasteiger partial charge in [0.2, 0.25) is 5.91 Å². The summed E-state index contributed by atoms with van der Waals surface area (Å²) in [5.74, 6) is 0.539. The molecule has 5 nitrogen and oxygen atoms in total. The van der Waals surface area contributed by atoms with E-state index in [9.17, 15) is 9.59 Å². The average molecular weight is 380 g/mol. The fourth-order valence-corrected chi connectivity index (χ4v) is 3.60. The highest BCUT2D eigenvalue weighted by molar-refractivity contribution is 6.06. The van der Waals surface area contributed by atoms with Crippen molar-refractivity contribution in [2.45, 2.75) is 52.6 Å². The second-order valence-corrected chi connectivity index (χ2v) is 7.27. The fraction of sp³-hybridized carbons (Fsp3) is 0.391. The van der Waals surface area contributed by atoms with Gasteiger partial charge in [-0.25, -0.2) is 0 Å². The van der Waals surface area contributed by atoms with Crippen molar-refractivity contribution in [2.75, 3.05) is 11.5 Å². The molecule has 28 heavy (non-hydrogen) atoms. The van der Waals surface area contributed by atoms with Gasteiger partial charge >= 0.3 is 0 Å². The third-order valence-electron chi connectivity index (χ3n) is 4.99. The van der Waals surface area contributed by atoms with Crippen LogP contribution in [0.2, 0.25) is 0 Å². The number of carbonyl (C=O) groups is 2. The summed E-state index contributed by atoms with van der Waals surface area (Å²) >= 11 is 0. The Morgan fingerprint density at radius 3 is 2.57 bits per heavy atom. The van der Waals surface area contributed by atoms with E-state index in [1.807, 2.05) is 49.4 Å². The molecule has 2 aromatic carbocycles. The maximum atomic E-state index is 13.0. The molecule has 1 aliphatic heterocycles. The molecule has 1 N–H and O–H groups in total. The van der Waals surface area contributed by atoms with Crippen LogP contribution in [-0.2, 0) is 16.1 Å². The van der Waals surface area contributed by atoms with Crippen molar-refractivity contribution >= 4 is 17.5 Å². The molecule has 0 saturated heterocycles. The number of hydrogen-bond acceptors (Lipinski definition) is 3. The van der Waals surface area contributed by atoms with Crippen molar-refractivity contribution in [2.24, 2.45) is 0 Å². The summed E-state index contributed by atoms with van der Waals surface area (Å²) < 4.78 is 5.76. The van der Waals surface area contributed by atoms with Gasteiger partial charge in [0, 0.05) is 12.5 Å². The summed E-state index contributed by atoms with van der Waals surface area (Å²) in [6.07, 6.45) is 3.40. The van der Waals surface area contributed by atoms with Crippen molar-refractivity contribution in [3.8, 4) is 5.75 Å². The Balaban J connectivity index is 1.75.